The Labute approximate surface area is 278 Å². The Morgan fingerprint density at radius 2 is 0.745 bits per heavy atom. The largest absolute Gasteiger partial charge is 0.307 e. The summed E-state index contributed by atoms with van der Waals surface area (Å²) in [5.41, 5.74) is -8.54. The molecule has 0 saturated carbocycles. The SMILES string of the molecule is C=Cc1cccc([B-](c2c(F)c(F)c(F)c(F)c2F)(c2c(F)c(F)c(F)c(F)c2F)c2c(F)c(F)c(F)c(F)c2F)c1.C[NH+](C)c1ccccc1. The fourth-order valence-corrected chi connectivity index (χ4v) is 5.67. The van der Waals surface area contributed by atoms with Crippen LogP contribution in [0.1, 0.15) is 5.56 Å². The Morgan fingerprint density at radius 1 is 0.431 bits per heavy atom. The van der Waals surface area contributed by atoms with Gasteiger partial charge in [0.25, 0.3) is 0 Å². The highest BCUT2D eigenvalue weighted by Crippen LogP contribution is 2.28. The second-order valence-corrected chi connectivity index (χ2v) is 11.1. The van der Waals surface area contributed by atoms with Gasteiger partial charge in [-0.2, -0.15) is 5.46 Å². The van der Waals surface area contributed by atoms with Gasteiger partial charge in [0.05, 0.1) is 14.1 Å². The molecule has 0 fully saturated rings. The molecule has 0 unspecified atom stereocenters. The Bertz CT molecular complexity index is 1920. The lowest BCUT2D eigenvalue weighted by atomic mass is 9.12. The molecule has 0 heterocycles. The van der Waals surface area contributed by atoms with Crippen molar-refractivity contribution in [1.29, 1.82) is 0 Å². The number of nitrogens with one attached hydrogen (secondary N) is 1. The first-order chi connectivity index (χ1) is 23.9. The van der Waals surface area contributed by atoms with Crippen LogP contribution in [0.15, 0.2) is 61.2 Å². The van der Waals surface area contributed by atoms with Crippen molar-refractivity contribution in [1.82, 2.24) is 0 Å². The molecule has 0 bridgehead atoms. The Hall–Kier alpha value is -5.19. The summed E-state index contributed by atoms with van der Waals surface area (Å²) in [5.74, 6) is -45.7. The average Bonchev–Trinajstić information content (AvgIpc) is 3.13. The second-order valence-electron chi connectivity index (χ2n) is 11.1. The van der Waals surface area contributed by atoms with Gasteiger partial charge in [0.15, 0.2) is 52.4 Å². The van der Waals surface area contributed by atoms with E-state index in [4.69, 9.17) is 0 Å². The molecule has 1 nitrogen and oxygen atoms in total. The van der Waals surface area contributed by atoms with E-state index in [9.17, 15) is 39.5 Å². The number of quaternary nitrogens is 1. The maximum Gasteiger partial charge on any atom is 0.200 e. The van der Waals surface area contributed by atoms with Gasteiger partial charge in [-0.1, -0.05) is 55.1 Å². The lowest BCUT2D eigenvalue weighted by molar-refractivity contribution is -0.786. The van der Waals surface area contributed by atoms with Crippen LogP contribution >= 0.6 is 0 Å². The molecule has 0 aliphatic carbocycles. The maximum absolute atomic E-state index is 15.5. The quantitative estimate of drug-likeness (QED) is 0.0910. The van der Waals surface area contributed by atoms with Crippen LogP contribution in [0.25, 0.3) is 6.08 Å². The summed E-state index contributed by atoms with van der Waals surface area (Å²) in [7, 11) is 4.24. The van der Waals surface area contributed by atoms with Crippen molar-refractivity contribution in [3.63, 3.8) is 0 Å². The van der Waals surface area contributed by atoms with Crippen LogP contribution in [0.4, 0.5) is 71.5 Å². The first kappa shape index (κ1) is 38.6. The average molecular weight is 737 g/mol. The number of hydrogen-bond acceptors (Lipinski definition) is 0. The van der Waals surface area contributed by atoms with E-state index < -0.39 is 115 Å². The zero-order valence-electron chi connectivity index (χ0n) is 25.7. The highest BCUT2D eigenvalue weighted by atomic mass is 19.2. The topological polar surface area (TPSA) is 4.44 Å². The molecule has 0 saturated heterocycles. The lowest BCUT2D eigenvalue weighted by Crippen LogP contribution is -3.00. The summed E-state index contributed by atoms with van der Waals surface area (Å²) < 4.78 is 222. The summed E-state index contributed by atoms with van der Waals surface area (Å²) in [6, 6.07) is 12.9. The predicted octanol–water partition coefficient (Wildman–Crippen LogP) is 6.26. The molecule has 5 aromatic carbocycles. The van der Waals surface area contributed by atoms with Gasteiger partial charge in [0.2, 0.25) is 0 Å². The molecule has 0 radical (unpaired) electrons. The molecule has 0 aliphatic heterocycles. The van der Waals surface area contributed by atoms with Gasteiger partial charge in [0, 0.05) is 0 Å². The first-order valence-corrected chi connectivity index (χ1v) is 14.2. The molecule has 17 heteroatoms. The lowest BCUT2D eigenvalue weighted by Gasteiger charge is -2.44. The van der Waals surface area contributed by atoms with E-state index in [1.165, 1.54) is 10.6 Å². The summed E-state index contributed by atoms with van der Waals surface area (Å²) in [4.78, 5) is 1.37. The van der Waals surface area contributed by atoms with Gasteiger partial charge in [-0.15, -0.1) is 16.4 Å². The third-order valence-electron chi connectivity index (χ3n) is 8.03. The molecule has 268 valence electrons. The normalized spacial score (nSPS) is 11.5. The van der Waals surface area contributed by atoms with Gasteiger partial charge in [-0.05, 0) is 17.7 Å². The molecule has 5 aromatic rings. The van der Waals surface area contributed by atoms with Crippen molar-refractivity contribution in [3.05, 3.63) is 154 Å². The third-order valence-corrected chi connectivity index (χ3v) is 8.03. The predicted molar refractivity (Wildman–Crippen MR) is 158 cm³/mol. The van der Waals surface area contributed by atoms with E-state index in [0.29, 0.717) is 12.1 Å². The van der Waals surface area contributed by atoms with Crippen molar-refractivity contribution >= 4 is 39.8 Å². The monoisotopic (exact) mass is 737 g/mol. The van der Waals surface area contributed by atoms with Crippen LogP contribution in [0.5, 0.6) is 0 Å². The molecule has 0 amide bonds. The van der Waals surface area contributed by atoms with E-state index in [-0.39, 0.29) is 5.56 Å². The highest BCUT2D eigenvalue weighted by molar-refractivity contribution is 7.20. The maximum atomic E-state index is 15.5. The first-order valence-electron chi connectivity index (χ1n) is 14.2. The van der Waals surface area contributed by atoms with Crippen LogP contribution in [0.2, 0.25) is 0 Å². The van der Waals surface area contributed by atoms with Gasteiger partial charge in [0.1, 0.15) is 46.7 Å². The Kier molecular flexibility index (Phi) is 11.0. The molecule has 5 rings (SSSR count). The Morgan fingerprint density at radius 3 is 1.02 bits per heavy atom. The minimum absolute atomic E-state index is 0.352. The third kappa shape index (κ3) is 6.23. The van der Waals surface area contributed by atoms with Crippen LogP contribution < -0.4 is 26.8 Å². The van der Waals surface area contributed by atoms with Crippen molar-refractivity contribution < 1.29 is 70.8 Å². The van der Waals surface area contributed by atoms with E-state index in [0.717, 1.165) is 18.2 Å². The Balaban J connectivity index is 0.000000563. The molecular weight excluding hydrogens is 718 g/mol. The van der Waals surface area contributed by atoms with Crippen LogP contribution in [0, 0.1) is 87.3 Å². The van der Waals surface area contributed by atoms with Gasteiger partial charge < -0.3 is 4.90 Å². The van der Waals surface area contributed by atoms with Crippen molar-refractivity contribution in [2.45, 2.75) is 0 Å². The molecule has 51 heavy (non-hydrogen) atoms. The zero-order valence-corrected chi connectivity index (χ0v) is 25.7. The van der Waals surface area contributed by atoms with Crippen LogP contribution in [-0.4, -0.2) is 20.2 Å². The minimum Gasteiger partial charge on any atom is -0.307 e. The summed E-state index contributed by atoms with van der Waals surface area (Å²) in [5, 5.41) is 0. The summed E-state index contributed by atoms with van der Waals surface area (Å²) in [6.07, 6.45) is -4.97. The van der Waals surface area contributed by atoms with E-state index in [2.05, 4.69) is 44.9 Å². The van der Waals surface area contributed by atoms with Crippen LogP contribution in [-0.2, 0) is 0 Å². The zero-order chi connectivity index (χ0) is 38.3. The van der Waals surface area contributed by atoms with Gasteiger partial charge >= 0.3 is 0 Å². The number of rotatable bonds is 6. The van der Waals surface area contributed by atoms with E-state index >= 15 is 26.3 Å². The molecule has 0 atom stereocenters. The molecule has 0 spiro atoms. The molecule has 1 N–H and O–H groups in total. The summed E-state index contributed by atoms with van der Waals surface area (Å²) >= 11 is 0. The summed E-state index contributed by atoms with van der Waals surface area (Å²) in [6.45, 7) is 3.25. The number of hydrogen-bond donors (Lipinski definition) is 1. The number of halogens is 15. The minimum atomic E-state index is -5.79. The number of para-hydroxylation sites is 1. The van der Waals surface area contributed by atoms with E-state index in [1.807, 2.05) is 6.07 Å². The fraction of sp³-hybridized carbons (Fsp3) is 0.0588. The van der Waals surface area contributed by atoms with Crippen molar-refractivity contribution in [2.24, 2.45) is 0 Å². The standard InChI is InChI=1S/C26H7BF15.C8H11N/c1-2-7-4-3-5-8(6-7)27(9-12(28)18(34)24(40)19(35)13(9)29,10-14(30)20(36)25(41)21(37)15(10)31)11-16(32)22(38)26(42)23(39)17(11)33;1-9(2)8-6-4-3-5-7-8/h2-6H,1H2;3-7H,1-2H3/q-1;/p+1. The molecule has 0 aromatic heterocycles. The fourth-order valence-electron chi connectivity index (χ4n) is 5.67. The van der Waals surface area contributed by atoms with E-state index in [1.54, 1.807) is 0 Å². The van der Waals surface area contributed by atoms with Gasteiger partial charge in [-0.3, -0.25) is 0 Å². The highest BCUT2D eigenvalue weighted by Gasteiger charge is 2.49. The molecule has 0 aliphatic rings. The van der Waals surface area contributed by atoms with Crippen molar-refractivity contribution in [3.8, 4) is 0 Å². The van der Waals surface area contributed by atoms with Crippen LogP contribution in [0.3, 0.4) is 0 Å². The second kappa shape index (κ2) is 14.6. The van der Waals surface area contributed by atoms with Gasteiger partial charge in [-0.25, -0.2) is 65.9 Å². The van der Waals surface area contributed by atoms with Crippen molar-refractivity contribution in [2.75, 3.05) is 14.1 Å². The number of benzene rings is 5. The smallest absolute Gasteiger partial charge is 0.200 e. The molecular formula is C34H19BF15N.